The largest absolute Gasteiger partial charge is 0.468 e. The van der Waals surface area contributed by atoms with Gasteiger partial charge in [0, 0.05) is 12.7 Å². The quantitative estimate of drug-likeness (QED) is 0.652. The van der Waals surface area contributed by atoms with Crippen LogP contribution in [0.25, 0.3) is 0 Å². The molecular formula is C10H17N3O5S. The molecule has 1 aromatic rings. The average Bonchev–Trinajstić information content (AvgIpc) is 2.77. The Labute approximate surface area is 111 Å². The number of hydrogen-bond acceptors (Lipinski definition) is 6. The third-order valence-electron chi connectivity index (χ3n) is 2.54. The van der Waals surface area contributed by atoms with Crippen LogP contribution in [-0.4, -0.2) is 48.8 Å². The Morgan fingerprint density at radius 3 is 2.68 bits per heavy atom. The van der Waals surface area contributed by atoms with Crippen molar-refractivity contribution in [1.82, 2.24) is 14.3 Å². The number of aliphatic hydroxyl groups excluding tert-OH is 1. The molecule has 9 heteroatoms. The fraction of sp³-hybridized carbons (Fsp3) is 0.600. The molecule has 0 saturated carbocycles. The maximum atomic E-state index is 12.0. The Balaban J connectivity index is 3.00. The van der Waals surface area contributed by atoms with Gasteiger partial charge in [0.2, 0.25) is 0 Å². The van der Waals surface area contributed by atoms with Gasteiger partial charge in [-0.05, 0) is 13.8 Å². The van der Waals surface area contributed by atoms with Gasteiger partial charge >= 0.3 is 5.97 Å². The highest BCUT2D eigenvalue weighted by atomic mass is 32.2. The van der Waals surface area contributed by atoms with E-state index in [0.717, 1.165) is 7.11 Å². The molecule has 1 rings (SSSR count). The van der Waals surface area contributed by atoms with Crippen molar-refractivity contribution in [2.75, 3.05) is 13.7 Å². The molecule has 0 bridgehead atoms. The molecule has 0 aliphatic heterocycles. The zero-order chi connectivity index (χ0) is 14.6. The van der Waals surface area contributed by atoms with Crippen LogP contribution in [0.2, 0.25) is 0 Å². The second-order valence-corrected chi connectivity index (χ2v) is 5.45. The summed E-state index contributed by atoms with van der Waals surface area (Å²) in [7, 11) is -2.87. The summed E-state index contributed by atoms with van der Waals surface area (Å²) in [5, 5.41) is 8.79. The Morgan fingerprint density at radius 2 is 2.26 bits per heavy atom. The van der Waals surface area contributed by atoms with E-state index in [-0.39, 0.29) is 5.03 Å². The van der Waals surface area contributed by atoms with E-state index in [2.05, 4.69) is 9.72 Å². The monoisotopic (exact) mass is 291 g/mol. The van der Waals surface area contributed by atoms with Crippen molar-refractivity contribution < 1.29 is 23.1 Å². The first-order valence-corrected chi connectivity index (χ1v) is 7.08. The lowest BCUT2D eigenvalue weighted by Gasteiger charge is -2.12. The number of ether oxygens (including phenoxy) is 1. The number of nitrogens with zero attached hydrogens (tertiary/aromatic N) is 2. The molecule has 0 aliphatic rings. The van der Waals surface area contributed by atoms with Gasteiger partial charge in [-0.1, -0.05) is 0 Å². The van der Waals surface area contributed by atoms with Gasteiger partial charge in [-0.25, -0.2) is 13.4 Å². The summed E-state index contributed by atoms with van der Waals surface area (Å²) >= 11 is 0. The van der Waals surface area contributed by atoms with Crippen molar-refractivity contribution in [2.24, 2.45) is 0 Å². The van der Waals surface area contributed by atoms with Crippen LogP contribution in [-0.2, 0) is 26.1 Å². The number of esters is 1. The number of nitrogens with one attached hydrogen (secondary N) is 1. The van der Waals surface area contributed by atoms with Gasteiger partial charge in [-0.15, -0.1) is 0 Å². The Hall–Kier alpha value is -1.45. The van der Waals surface area contributed by atoms with Crippen molar-refractivity contribution in [2.45, 2.75) is 31.5 Å². The number of imidazole rings is 1. The summed E-state index contributed by atoms with van der Waals surface area (Å²) < 4.78 is 32.1. The Morgan fingerprint density at radius 1 is 1.63 bits per heavy atom. The molecule has 1 atom stereocenters. The number of aliphatic hydroxyl groups is 1. The Bertz CT molecular complexity index is 552. The maximum Gasteiger partial charge on any atom is 0.326 e. The van der Waals surface area contributed by atoms with Crippen LogP contribution in [0.1, 0.15) is 12.7 Å². The van der Waals surface area contributed by atoms with Crippen molar-refractivity contribution in [3.8, 4) is 0 Å². The van der Waals surface area contributed by atoms with E-state index in [0.29, 0.717) is 12.4 Å². The first-order valence-electron chi connectivity index (χ1n) is 5.60. The smallest absolute Gasteiger partial charge is 0.326 e. The minimum absolute atomic E-state index is 0.200. The maximum absolute atomic E-state index is 12.0. The molecule has 2 N–H and O–H groups in total. The van der Waals surface area contributed by atoms with E-state index in [9.17, 15) is 13.2 Å². The van der Waals surface area contributed by atoms with Crippen LogP contribution in [0.3, 0.4) is 0 Å². The molecule has 8 nitrogen and oxygen atoms in total. The van der Waals surface area contributed by atoms with Crippen LogP contribution < -0.4 is 4.72 Å². The summed E-state index contributed by atoms with van der Waals surface area (Å²) in [6, 6.07) is -1.35. The van der Waals surface area contributed by atoms with Gasteiger partial charge in [-0.2, -0.15) is 4.72 Å². The summed E-state index contributed by atoms with van der Waals surface area (Å²) in [5.74, 6) is -0.320. The minimum atomic E-state index is -3.98. The van der Waals surface area contributed by atoms with Gasteiger partial charge in [0.15, 0.2) is 5.03 Å². The molecule has 0 aromatic carbocycles. The molecule has 1 aromatic heterocycles. The van der Waals surface area contributed by atoms with Crippen molar-refractivity contribution >= 4 is 16.0 Å². The summed E-state index contributed by atoms with van der Waals surface area (Å²) in [5.41, 5.74) is 0. The number of aryl methyl sites for hydroxylation is 2. The first-order chi connectivity index (χ1) is 8.85. The van der Waals surface area contributed by atoms with E-state index in [1.807, 2.05) is 11.6 Å². The van der Waals surface area contributed by atoms with Gasteiger partial charge in [0.05, 0.1) is 13.7 Å². The lowest BCUT2D eigenvalue weighted by atomic mass is 10.3. The minimum Gasteiger partial charge on any atom is -0.468 e. The van der Waals surface area contributed by atoms with E-state index >= 15 is 0 Å². The summed E-state index contributed by atoms with van der Waals surface area (Å²) in [6.45, 7) is 3.41. The predicted molar refractivity (Wildman–Crippen MR) is 65.8 cm³/mol. The second-order valence-electron chi connectivity index (χ2n) is 3.79. The highest BCUT2D eigenvalue weighted by Crippen LogP contribution is 2.09. The standard InChI is InChI=1S/C10H17N3O5S/c1-4-13-5-9(11-7(13)2)19(16,17)12-8(6-14)10(15)18-3/h5,8,12,14H,4,6H2,1-3H3. The second kappa shape index (κ2) is 6.13. The number of carbonyl (C=O) groups is 1. The molecule has 0 saturated heterocycles. The van der Waals surface area contributed by atoms with Gasteiger partial charge in [0.1, 0.15) is 11.9 Å². The van der Waals surface area contributed by atoms with Crippen LogP contribution in [0.15, 0.2) is 11.2 Å². The van der Waals surface area contributed by atoms with Gasteiger partial charge in [-0.3, -0.25) is 4.79 Å². The summed E-state index contributed by atoms with van der Waals surface area (Å²) in [6.07, 6.45) is 1.36. The lowest BCUT2D eigenvalue weighted by Crippen LogP contribution is -2.44. The predicted octanol–water partition coefficient (Wildman–Crippen LogP) is -0.976. The van der Waals surface area contributed by atoms with E-state index < -0.39 is 28.6 Å². The van der Waals surface area contributed by atoms with Crippen LogP contribution >= 0.6 is 0 Å². The number of sulfonamides is 1. The molecule has 0 radical (unpaired) electrons. The SMILES string of the molecule is CCn1cc(S(=O)(=O)NC(CO)C(=O)OC)nc1C. The molecule has 0 aliphatic carbocycles. The highest BCUT2D eigenvalue weighted by molar-refractivity contribution is 7.89. The van der Waals surface area contributed by atoms with Crippen LogP contribution in [0.5, 0.6) is 0 Å². The molecule has 0 amide bonds. The normalized spacial score (nSPS) is 13.3. The third kappa shape index (κ3) is 3.52. The molecular weight excluding hydrogens is 274 g/mol. The number of methoxy groups -OCH3 is 1. The first kappa shape index (κ1) is 15.6. The molecule has 0 fully saturated rings. The van der Waals surface area contributed by atoms with E-state index in [1.54, 1.807) is 11.5 Å². The average molecular weight is 291 g/mol. The van der Waals surface area contributed by atoms with Crippen LogP contribution in [0.4, 0.5) is 0 Å². The van der Waals surface area contributed by atoms with Crippen molar-refractivity contribution in [3.63, 3.8) is 0 Å². The molecule has 19 heavy (non-hydrogen) atoms. The van der Waals surface area contributed by atoms with Gasteiger partial charge < -0.3 is 14.4 Å². The number of rotatable bonds is 6. The van der Waals surface area contributed by atoms with Crippen molar-refractivity contribution in [1.29, 1.82) is 0 Å². The zero-order valence-electron chi connectivity index (χ0n) is 11.0. The van der Waals surface area contributed by atoms with E-state index in [4.69, 9.17) is 5.11 Å². The molecule has 1 unspecified atom stereocenters. The molecule has 1 heterocycles. The topological polar surface area (TPSA) is 111 Å². The molecule has 108 valence electrons. The van der Waals surface area contributed by atoms with E-state index in [1.165, 1.54) is 6.20 Å². The third-order valence-corrected chi connectivity index (χ3v) is 3.88. The van der Waals surface area contributed by atoms with Gasteiger partial charge in [0.25, 0.3) is 10.0 Å². The summed E-state index contributed by atoms with van der Waals surface area (Å²) in [4.78, 5) is 15.2. The fourth-order valence-electron chi connectivity index (χ4n) is 1.48. The highest BCUT2D eigenvalue weighted by Gasteiger charge is 2.27. The fourth-order valence-corrected chi connectivity index (χ4v) is 2.66. The zero-order valence-corrected chi connectivity index (χ0v) is 11.8. The lowest BCUT2D eigenvalue weighted by molar-refractivity contribution is -0.143. The molecule has 0 spiro atoms. The number of hydrogen-bond donors (Lipinski definition) is 2. The Kier molecular flexibility index (Phi) is 5.04. The van der Waals surface area contributed by atoms with Crippen molar-refractivity contribution in [3.05, 3.63) is 12.0 Å². The number of carbonyl (C=O) groups excluding carboxylic acids is 1. The number of aromatic nitrogens is 2. The van der Waals surface area contributed by atoms with Crippen LogP contribution in [0, 0.1) is 6.92 Å².